The molecule has 4 nitrogen and oxygen atoms in total. The van der Waals surface area contributed by atoms with Crippen LogP contribution in [0.5, 0.6) is 0 Å². The van der Waals surface area contributed by atoms with Gasteiger partial charge in [-0.15, -0.1) is 11.3 Å². The van der Waals surface area contributed by atoms with Crippen molar-refractivity contribution in [3.8, 4) is 0 Å². The normalized spacial score (nSPS) is 10.3. The lowest BCUT2D eigenvalue weighted by Crippen LogP contribution is -2.26. The van der Waals surface area contributed by atoms with Crippen molar-refractivity contribution in [2.24, 2.45) is 0 Å². The number of benzene rings is 1. The lowest BCUT2D eigenvalue weighted by atomic mass is 10.2. The Morgan fingerprint density at radius 3 is 2.61 bits per heavy atom. The highest BCUT2D eigenvalue weighted by molar-refractivity contribution is 7.11. The Hall–Kier alpha value is -1.88. The van der Waals surface area contributed by atoms with Crippen LogP contribution in [-0.2, 0) is 6.54 Å². The second-order valence-corrected chi connectivity index (χ2v) is 5.02. The zero-order chi connectivity index (χ0) is 13.1. The van der Waals surface area contributed by atoms with Crippen molar-refractivity contribution in [2.75, 3.05) is 12.8 Å². The maximum Gasteiger partial charge on any atom is 0.265 e. The van der Waals surface area contributed by atoms with Gasteiger partial charge in [-0.1, -0.05) is 12.1 Å². The number of hydrogen-bond donors (Lipinski definition) is 1. The molecule has 94 valence electrons. The largest absolute Gasteiger partial charge is 0.399 e. The van der Waals surface area contributed by atoms with Crippen molar-refractivity contribution >= 4 is 22.9 Å². The molecule has 0 saturated carbocycles. The first-order chi connectivity index (χ1) is 8.58. The summed E-state index contributed by atoms with van der Waals surface area (Å²) in [6.07, 6.45) is 0. The van der Waals surface area contributed by atoms with Gasteiger partial charge < -0.3 is 10.6 Å². The molecule has 1 aromatic heterocycles. The lowest BCUT2D eigenvalue weighted by Gasteiger charge is -2.16. The fourth-order valence-corrected chi connectivity index (χ4v) is 2.45. The van der Waals surface area contributed by atoms with Crippen molar-refractivity contribution < 1.29 is 4.79 Å². The van der Waals surface area contributed by atoms with Gasteiger partial charge in [-0.05, 0) is 24.6 Å². The van der Waals surface area contributed by atoms with Crippen molar-refractivity contribution in [3.05, 3.63) is 45.9 Å². The monoisotopic (exact) mass is 261 g/mol. The van der Waals surface area contributed by atoms with Gasteiger partial charge in [0.25, 0.3) is 5.91 Å². The van der Waals surface area contributed by atoms with Crippen LogP contribution in [0, 0.1) is 6.92 Å². The zero-order valence-corrected chi connectivity index (χ0v) is 11.2. The Morgan fingerprint density at radius 1 is 1.39 bits per heavy atom. The Kier molecular flexibility index (Phi) is 3.62. The molecular weight excluding hydrogens is 246 g/mol. The number of thiazole rings is 1. The van der Waals surface area contributed by atoms with Gasteiger partial charge in [-0.3, -0.25) is 4.79 Å². The van der Waals surface area contributed by atoms with E-state index in [-0.39, 0.29) is 5.91 Å². The summed E-state index contributed by atoms with van der Waals surface area (Å²) in [5, 5.41) is 0. The third-order valence-electron chi connectivity index (χ3n) is 2.69. The van der Waals surface area contributed by atoms with Crippen LogP contribution >= 0.6 is 11.3 Å². The van der Waals surface area contributed by atoms with E-state index in [0.717, 1.165) is 16.9 Å². The summed E-state index contributed by atoms with van der Waals surface area (Å²) in [4.78, 5) is 18.7. The minimum absolute atomic E-state index is 0.00632. The summed E-state index contributed by atoms with van der Waals surface area (Å²) < 4.78 is 0. The van der Waals surface area contributed by atoms with Crippen LogP contribution in [0.25, 0.3) is 0 Å². The Labute approximate surface area is 110 Å². The molecule has 0 fully saturated rings. The van der Waals surface area contributed by atoms with Gasteiger partial charge in [0.15, 0.2) is 0 Å². The number of rotatable bonds is 3. The molecule has 0 bridgehead atoms. The molecule has 5 heteroatoms. The van der Waals surface area contributed by atoms with E-state index in [9.17, 15) is 4.79 Å². The van der Waals surface area contributed by atoms with Crippen molar-refractivity contribution in [3.63, 3.8) is 0 Å². The average Bonchev–Trinajstić information content (AvgIpc) is 2.77. The molecule has 0 aliphatic rings. The van der Waals surface area contributed by atoms with Gasteiger partial charge in [0.05, 0.1) is 11.2 Å². The second kappa shape index (κ2) is 5.18. The van der Waals surface area contributed by atoms with E-state index in [1.54, 1.807) is 17.5 Å². The Morgan fingerprint density at radius 2 is 2.06 bits per heavy atom. The third kappa shape index (κ3) is 2.68. The summed E-state index contributed by atoms with van der Waals surface area (Å²) in [6, 6.07) is 7.54. The molecule has 1 aromatic carbocycles. The van der Waals surface area contributed by atoms with E-state index in [1.807, 2.05) is 31.2 Å². The summed E-state index contributed by atoms with van der Waals surface area (Å²) >= 11 is 1.38. The first kappa shape index (κ1) is 12.6. The molecule has 2 aromatic rings. The molecule has 0 aliphatic heterocycles. The highest BCUT2D eigenvalue weighted by Crippen LogP contribution is 2.16. The number of carbonyl (C=O) groups is 1. The maximum atomic E-state index is 12.2. The van der Waals surface area contributed by atoms with E-state index < -0.39 is 0 Å². The first-order valence-electron chi connectivity index (χ1n) is 5.58. The standard InChI is InChI=1S/C13H15N3OS/c1-9-12(18-8-15-9)13(17)16(2)7-10-3-5-11(14)6-4-10/h3-6,8H,7,14H2,1-2H3. The number of nitrogens with zero attached hydrogens (tertiary/aromatic N) is 2. The predicted molar refractivity (Wildman–Crippen MR) is 73.5 cm³/mol. The molecule has 2 rings (SSSR count). The van der Waals surface area contributed by atoms with Crippen molar-refractivity contribution in [2.45, 2.75) is 13.5 Å². The number of nitrogen functional groups attached to an aromatic ring is 1. The quantitative estimate of drug-likeness (QED) is 0.862. The van der Waals surface area contributed by atoms with Gasteiger partial charge >= 0.3 is 0 Å². The molecule has 18 heavy (non-hydrogen) atoms. The minimum Gasteiger partial charge on any atom is -0.399 e. The molecule has 0 spiro atoms. The molecular formula is C13H15N3OS. The number of aryl methyl sites for hydroxylation is 1. The van der Waals surface area contributed by atoms with Crippen LogP contribution < -0.4 is 5.73 Å². The SMILES string of the molecule is Cc1ncsc1C(=O)N(C)Cc1ccc(N)cc1. The Balaban J connectivity index is 2.08. The summed E-state index contributed by atoms with van der Waals surface area (Å²) in [5.41, 5.74) is 9.89. The fraction of sp³-hybridized carbons (Fsp3) is 0.231. The van der Waals surface area contributed by atoms with Gasteiger partial charge in [0.1, 0.15) is 4.88 Å². The molecule has 1 heterocycles. The van der Waals surface area contributed by atoms with Crippen LogP contribution in [0.15, 0.2) is 29.8 Å². The van der Waals surface area contributed by atoms with Crippen molar-refractivity contribution in [1.82, 2.24) is 9.88 Å². The van der Waals surface area contributed by atoms with Crippen LogP contribution in [0.3, 0.4) is 0 Å². The van der Waals surface area contributed by atoms with Gasteiger partial charge in [-0.2, -0.15) is 0 Å². The highest BCUT2D eigenvalue weighted by Gasteiger charge is 2.16. The van der Waals surface area contributed by atoms with E-state index >= 15 is 0 Å². The number of amides is 1. The third-order valence-corrected chi connectivity index (χ3v) is 3.60. The van der Waals surface area contributed by atoms with E-state index in [0.29, 0.717) is 11.4 Å². The van der Waals surface area contributed by atoms with Crippen LogP contribution in [0.4, 0.5) is 5.69 Å². The fourth-order valence-electron chi connectivity index (χ4n) is 1.65. The topological polar surface area (TPSA) is 59.2 Å². The average molecular weight is 261 g/mol. The molecule has 1 amide bonds. The molecule has 2 N–H and O–H groups in total. The van der Waals surface area contributed by atoms with Crippen LogP contribution in [-0.4, -0.2) is 22.8 Å². The van der Waals surface area contributed by atoms with Gasteiger partial charge in [-0.25, -0.2) is 4.98 Å². The second-order valence-electron chi connectivity index (χ2n) is 4.17. The summed E-state index contributed by atoms with van der Waals surface area (Å²) in [7, 11) is 1.79. The van der Waals surface area contributed by atoms with E-state index in [2.05, 4.69) is 4.98 Å². The number of aromatic nitrogens is 1. The summed E-state index contributed by atoms with van der Waals surface area (Å²) in [6.45, 7) is 2.41. The van der Waals surface area contributed by atoms with Crippen LogP contribution in [0.2, 0.25) is 0 Å². The molecule has 0 saturated heterocycles. The van der Waals surface area contributed by atoms with Crippen LogP contribution in [0.1, 0.15) is 20.9 Å². The highest BCUT2D eigenvalue weighted by atomic mass is 32.1. The molecule has 0 atom stereocenters. The molecule has 0 aliphatic carbocycles. The predicted octanol–water partition coefficient (Wildman–Crippen LogP) is 2.31. The smallest absolute Gasteiger partial charge is 0.265 e. The maximum absolute atomic E-state index is 12.2. The number of carbonyl (C=O) groups excluding carboxylic acids is 1. The van der Waals surface area contributed by atoms with E-state index in [4.69, 9.17) is 5.73 Å². The number of hydrogen-bond acceptors (Lipinski definition) is 4. The first-order valence-corrected chi connectivity index (χ1v) is 6.46. The summed E-state index contributed by atoms with van der Waals surface area (Å²) in [5.74, 6) is 0.00632. The zero-order valence-electron chi connectivity index (χ0n) is 10.4. The van der Waals surface area contributed by atoms with Gasteiger partial charge in [0.2, 0.25) is 0 Å². The number of nitrogens with two attached hydrogens (primary N) is 1. The number of anilines is 1. The minimum atomic E-state index is 0.00632. The van der Waals surface area contributed by atoms with E-state index in [1.165, 1.54) is 11.3 Å². The molecule has 0 unspecified atom stereocenters. The van der Waals surface area contributed by atoms with Gasteiger partial charge in [0, 0.05) is 19.3 Å². The van der Waals surface area contributed by atoms with Crippen molar-refractivity contribution in [1.29, 1.82) is 0 Å². The lowest BCUT2D eigenvalue weighted by molar-refractivity contribution is 0.0789. The Bertz CT molecular complexity index is 548. The molecule has 0 radical (unpaired) electrons.